The summed E-state index contributed by atoms with van der Waals surface area (Å²) in [5, 5.41) is 3.72. The van der Waals surface area contributed by atoms with E-state index in [0.717, 1.165) is 16.5 Å². The van der Waals surface area contributed by atoms with Crippen LogP contribution in [0.5, 0.6) is 0 Å². The lowest BCUT2D eigenvalue weighted by Gasteiger charge is -2.01. The molecule has 84 valence electrons. The Morgan fingerprint density at radius 3 is 3.00 bits per heavy atom. The monoisotopic (exact) mass is 218 g/mol. The molecule has 4 heteroatoms. The molecule has 0 aliphatic rings. The third-order valence-electron chi connectivity index (χ3n) is 2.38. The van der Waals surface area contributed by atoms with Crippen LogP contribution in [0.3, 0.4) is 0 Å². The fraction of sp³-hybridized carbons (Fsp3) is 0.250. The maximum Gasteiger partial charge on any atom is 0.224 e. The number of hydrogen-bond donors (Lipinski definition) is 2. The number of amides is 1. The topological polar surface area (TPSA) is 68.3 Å². The molecule has 1 aromatic heterocycles. The molecule has 0 spiro atoms. The Bertz CT molecular complexity index is 490. The molecule has 1 amide bonds. The number of furan rings is 1. The van der Waals surface area contributed by atoms with Gasteiger partial charge in [0.05, 0.1) is 12.7 Å². The molecule has 0 fully saturated rings. The van der Waals surface area contributed by atoms with Crippen molar-refractivity contribution in [2.45, 2.75) is 6.42 Å². The Morgan fingerprint density at radius 1 is 1.38 bits per heavy atom. The predicted molar refractivity (Wildman–Crippen MR) is 62.0 cm³/mol. The van der Waals surface area contributed by atoms with Crippen LogP contribution in [0.15, 0.2) is 34.9 Å². The van der Waals surface area contributed by atoms with E-state index in [2.05, 4.69) is 5.32 Å². The van der Waals surface area contributed by atoms with Crippen molar-refractivity contribution in [3.63, 3.8) is 0 Å². The summed E-state index contributed by atoms with van der Waals surface area (Å²) in [6.45, 7) is 0.965. The normalized spacial score (nSPS) is 10.6. The largest absolute Gasteiger partial charge is 0.464 e. The molecule has 4 nitrogen and oxygen atoms in total. The maximum atomic E-state index is 11.5. The maximum absolute atomic E-state index is 11.5. The van der Waals surface area contributed by atoms with Gasteiger partial charge in [-0.1, -0.05) is 18.2 Å². The van der Waals surface area contributed by atoms with Crippen LogP contribution in [0, 0.1) is 0 Å². The number of rotatable bonds is 4. The SMILES string of the molecule is NCCNC(=O)Cc1coc2ccccc12. The van der Waals surface area contributed by atoms with E-state index in [1.165, 1.54) is 0 Å². The van der Waals surface area contributed by atoms with Crippen LogP contribution in [-0.2, 0) is 11.2 Å². The molecule has 0 aliphatic carbocycles. The predicted octanol–water partition coefficient (Wildman–Crippen LogP) is 1.05. The molecular weight excluding hydrogens is 204 g/mol. The molecular formula is C12H14N2O2. The molecule has 1 aromatic carbocycles. The molecule has 0 saturated carbocycles. The van der Waals surface area contributed by atoms with Crippen LogP contribution in [0.1, 0.15) is 5.56 Å². The van der Waals surface area contributed by atoms with Crippen LogP contribution in [0.4, 0.5) is 0 Å². The lowest BCUT2D eigenvalue weighted by Crippen LogP contribution is -2.30. The zero-order valence-corrected chi connectivity index (χ0v) is 8.90. The summed E-state index contributed by atoms with van der Waals surface area (Å²) >= 11 is 0. The molecule has 16 heavy (non-hydrogen) atoms. The van der Waals surface area contributed by atoms with Gasteiger partial charge in [-0.15, -0.1) is 0 Å². The van der Waals surface area contributed by atoms with Crippen molar-refractivity contribution in [2.24, 2.45) is 5.73 Å². The summed E-state index contributed by atoms with van der Waals surface area (Å²) < 4.78 is 5.35. The summed E-state index contributed by atoms with van der Waals surface area (Å²) in [4.78, 5) is 11.5. The van der Waals surface area contributed by atoms with Crippen molar-refractivity contribution in [1.82, 2.24) is 5.32 Å². The second-order valence-corrected chi connectivity index (χ2v) is 3.57. The molecule has 1 heterocycles. The number of nitrogens with one attached hydrogen (secondary N) is 1. The second-order valence-electron chi connectivity index (χ2n) is 3.57. The fourth-order valence-electron chi connectivity index (χ4n) is 1.62. The summed E-state index contributed by atoms with van der Waals surface area (Å²) in [5.74, 6) is -0.0306. The Labute approximate surface area is 93.4 Å². The average Bonchev–Trinajstić information content (AvgIpc) is 2.70. The van der Waals surface area contributed by atoms with Gasteiger partial charge in [0.25, 0.3) is 0 Å². The van der Waals surface area contributed by atoms with Gasteiger partial charge in [-0.2, -0.15) is 0 Å². The highest BCUT2D eigenvalue weighted by atomic mass is 16.3. The first kappa shape index (κ1) is 10.7. The first-order valence-corrected chi connectivity index (χ1v) is 5.23. The van der Waals surface area contributed by atoms with Crippen LogP contribution in [-0.4, -0.2) is 19.0 Å². The molecule has 0 unspecified atom stereocenters. The van der Waals surface area contributed by atoms with Crippen molar-refractivity contribution >= 4 is 16.9 Å². The van der Waals surface area contributed by atoms with Gasteiger partial charge in [-0.3, -0.25) is 4.79 Å². The highest BCUT2D eigenvalue weighted by Crippen LogP contribution is 2.20. The first-order chi connectivity index (χ1) is 7.81. The zero-order valence-electron chi connectivity index (χ0n) is 8.90. The molecule has 0 saturated heterocycles. The van der Waals surface area contributed by atoms with Crippen molar-refractivity contribution in [1.29, 1.82) is 0 Å². The molecule has 0 atom stereocenters. The van der Waals surface area contributed by atoms with Crippen molar-refractivity contribution in [3.05, 3.63) is 36.1 Å². The number of carbonyl (C=O) groups excluding carboxylic acids is 1. The molecule has 2 rings (SSSR count). The smallest absolute Gasteiger partial charge is 0.224 e. The van der Waals surface area contributed by atoms with Gasteiger partial charge in [0.15, 0.2) is 0 Å². The van der Waals surface area contributed by atoms with Crippen LogP contribution < -0.4 is 11.1 Å². The Balaban J connectivity index is 2.12. The van der Waals surface area contributed by atoms with Gasteiger partial charge in [-0.25, -0.2) is 0 Å². The molecule has 2 aromatic rings. The number of fused-ring (bicyclic) bond motifs is 1. The van der Waals surface area contributed by atoms with E-state index in [1.807, 2.05) is 24.3 Å². The number of hydrogen-bond acceptors (Lipinski definition) is 3. The van der Waals surface area contributed by atoms with E-state index in [9.17, 15) is 4.79 Å². The number of nitrogens with two attached hydrogens (primary N) is 1. The minimum Gasteiger partial charge on any atom is -0.464 e. The Kier molecular flexibility index (Phi) is 3.22. The van der Waals surface area contributed by atoms with Gasteiger partial charge >= 0.3 is 0 Å². The van der Waals surface area contributed by atoms with E-state index < -0.39 is 0 Å². The van der Waals surface area contributed by atoms with Gasteiger partial charge in [0.1, 0.15) is 5.58 Å². The zero-order chi connectivity index (χ0) is 11.4. The van der Waals surface area contributed by atoms with Crippen molar-refractivity contribution in [3.8, 4) is 0 Å². The van der Waals surface area contributed by atoms with Crippen molar-refractivity contribution < 1.29 is 9.21 Å². The third-order valence-corrected chi connectivity index (χ3v) is 2.38. The lowest BCUT2D eigenvalue weighted by atomic mass is 10.1. The van der Waals surface area contributed by atoms with E-state index in [1.54, 1.807) is 6.26 Å². The van der Waals surface area contributed by atoms with Gasteiger partial charge in [0.2, 0.25) is 5.91 Å². The lowest BCUT2D eigenvalue weighted by molar-refractivity contribution is -0.120. The van der Waals surface area contributed by atoms with E-state index in [4.69, 9.17) is 10.2 Å². The summed E-state index contributed by atoms with van der Waals surface area (Å²) in [6, 6.07) is 7.67. The molecule has 0 bridgehead atoms. The third kappa shape index (κ3) is 2.23. The van der Waals surface area contributed by atoms with Crippen LogP contribution >= 0.6 is 0 Å². The van der Waals surface area contributed by atoms with Gasteiger partial charge in [0, 0.05) is 24.0 Å². The highest BCUT2D eigenvalue weighted by Gasteiger charge is 2.08. The quantitative estimate of drug-likeness (QED) is 0.806. The molecule has 3 N–H and O–H groups in total. The Morgan fingerprint density at radius 2 is 2.19 bits per heavy atom. The minimum atomic E-state index is -0.0306. The standard InChI is InChI=1S/C12H14N2O2/c13-5-6-14-12(15)7-9-8-16-11-4-2-1-3-10(9)11/h1-4,8H,5-7,13H2,(H,14,15). The molecule has 0 radical (unpaired) electrons. The first-order valence-electron chi connectivity index (χ1n) is 5.23. The summed E-state index contributed by atoms with van der Waals surface area (Å²) in [5.41, 5.74) is 7.02. The Hall–Kier alpha value is -1.81. The minimum absolute atomic E-state index is 0.0306. The van der Waals surface area contributed by atoms with E-state index in [0.29, 0.717) is 19.5 Å². The number of para-hydroxylation sites is 1. The summed E-state index contributed by atoms with van der Waals surface area (Å²) in [6.07, 6.45) is 1.96. The van der Waals surface area contributed by atoms with E-state index in [-0.39, 0.29) is 5.91 Å². The van der Waals surface area contributed by atoms with E-state index >= 15 is 0 Å². The van der Waals surface area contributed by atoms with Gasteiger partial charge in [-0.05, 0) is 6.07 Å². The fourth-order valence-corrected chi connectivity index (χ4v) is 1.62. The summed E-state index contributed by atoms with van der Waals surface area (Å²) in [7, 11) is 0. The molecule has 0 aliphatic heterocycles. The second kappa shape index (κ2) is 4.81. The number of carbonyl (C=O) groups is 1. The average molecular weight is 218 g/mol. The van der Waals surface area contributed by atoms with Crippen molar-refractivity contribution in [2.75, 3.05) is 13.1 Å². The highest BCUT2D eigenvalue weighted by molar-refractivity contribution is 5.87. The number of benzene rings is 1. The van der Waals surface area contributed by atoms with Crippen LogP contribution in [0.2, 0.25) is 0 Å². The van der Waals surface area contributed by atoms with Crippen LogP contribution in [0.25, 0.3) is 11.0 Å². The van der Waals surface area contributed by atoms with Gasteiger partial charge < -0.3 is 15.5 Å².